The Kier molecular flexibility index (Phi) is 5.23. The Balaban J connectivity index is 1.77. The number of carbonyl (C=O) groups excluding carboxylic acids is 1. The summed E-state index contributed by atoms with van der Waals surface area (Å²) >= 11 is 1.61. The van der Waals surface area contributed by atoms with Crippen LogP contribution in [0.5, 0.6) is 5.88 Å². The van der Waals surface area contributed by atoms with Crippen LogP contribution in [0.4, 0.5) is 5.69 Å². The van der Waals surface area contributed by atoms with E-state index in [0.717, 1.165) is 32.6 Å². The van der Waals surface area contributed by atoms with E-state index < -0.39 is 0 Å². The van der Waals surface area contributed by atoms with Crippen molar-refractivity contribution in [3.8, 4) is 5.88 Å². The Labute approximate surface area is 157 Å². The van der Waals surface area contributed by atoms with E-state index in [2.05, 4.69) is 29.1 Å². The number of aryl methyl sites for hydroxylation is 3. The van der Waals surface area contributed by atoms with Crippen LogP contribution in [0.3, 0.4) is 0 Å². The molecule has 0 spiro atoms. The van der Waals surface area contributed by atoms with Crippen LogP contribution in [0.15, 0.2) is 24.5 Å². The molecule has 3 aromatic rings. The smallest absolute Gasteiger partial charge is 0.262 e. The number of carbonyl (C=O) groups is 1. The van der Waals surface area contributed by atoms with Crippen molar-refractivity contribution < 1.29 is 9.53 Å². The number of nitrogens with zero attached hydrogens (tertiary/aromatic N) is 2. The molecular weight excluding hydrogens is 346 g/mol. The quantitative estimate of drug-likeness (QED) is 0.704. The number of benzene rings is 1. The largest absolute Gasteiger partial charge is 0.467 e. The lowest BCUT2D eigenvalue weighted by molar-refractivity contribution is -0.118. The van der Waals surface area contributed by atoms with E-state index in [-0.39, 0.29) is 12.5 Å². The molecule has 0 aliphatic rings. The van der Waals surface area contributed by atoms with E-state index in [1.54, 1.807) is 11.3 Å². The highest BCUT2D eigenvalue weighted by atomic mass is 32.1. The molecule has 0 saturated carbocycles. The van der Waals surface area contributed by atoms with E-state index >= 15 is 0 Å². The van der Waals surface area contributed by atoms with Gasteiger partial charge in [-0.15, -0.1) is 11.3 Å². The average Bonchev–Trinajstić information content (AvgIpc) is 2.89. The van der Waals surface area contributed by atoms with Gasteiger partial charge in [0.05, 0.1) is 5.39 Å². The standard InChI is InChI=1S/C20H23N3O2S/c1-11(2)15-8-6-7-12(3)18(15)23-16(24)9-25-19-17-13(4)14(5)26-20(17)22-10-21-19/h6-8,10-11H,9H2,1-5H3,(H,23,24). The number of rotatable bonds is 5. The second-order valence-corrected chi connectivity index (χ2v) is 7.88. The Bertz CT molecular complexity index is 963. The van der Waals surface area contributed by atoms with Crippen molar-refractivity contribution in [3.63, 3.8) is 0 Å². The minimum Gasteiger partial charge on any atom is -0.467 e. The maximum absolute atomic E-state index is 12.5. The summed E-state index contributed by atoms with van der Waals surface area (Å²) < 4.78 is 5.73. The molecule has 0 fully saturated rings. The number of hydrogen-bond donors (Lipinski definition) is 1. The summed E-state index contributed by atoms with van der Waals surface area (Å²) in [5.41, 5.74) is 4.12. The SMILES string of the molecule is Cc1cccc(C(C)C)c1NC(=O)COc1ncnc2sc(C)c(C)c12. The van der Waals surface area contributed by atoms with Crippen LogP contribution < -0.4 is 10.1 Å². The summed E-state index contributed by atoms with van der Waals surface area (Å²) in [6.07, 6.45) is 1.48. The summed E-state index contributed by atoms with van der Waals surface area (Å²) in [6.45, 7) is 10.2. The van der Waals surface area contributed by atoms with Crippen LogP contribution in [0, 0.1) is 20.8 Å². The van der Waals surface area contributed by atoms with E-state index in [0.29, 0.717) is 11.8 Å². The molecule has 6 heteroatoms. The van der Waals surface area contributed by atoms with Crippen molar-refractivity contribution in [1.29, 1.82) is 0 Å². The monoisotopic (exact) mass is 369 g/mol. The molecule has 3 rings (SSSR count). The van der Waals surface area contributed by atoms with Crippen LogP contribution in [0.25, 0.3) is 10.2 Å². The van der Waals surface area contributed by atoms with Gasteiger partial charge in [-0.2, -0.15) is 0 Å². The zero-order valence-corrected chi connectivity index (χ0v) is 16.5. The number of hydrogen-bond acceptors (Lipinski definition) is 5. The number of para-hydroxylation sites is 1. The van der Waals surface area contributed by atoms with Gasteiger partial charge in [-0.05, 0) is 43.4 Å². The van der Waals surface area contributed by atoms with Crippen molar-refractivity contribution in [3.05, 3.63) is 46.1 Å². The fourth-order valence-electron chi connectivity index (χ4n) is 2.91. The molecule has 1 N–H and O–H groups in total. The van der Waals surface area contributed by atoms with Crippen LogP contribution in [0.1, 0.15) is 41.3 Å². The van der Waals surface area contributed by atoms with Crippen LogP contribution >= 0.6 is 11.3 Å². The van der Waals surface area contributed by atoms with E-state index in [9.17, 15) is 4.79 Å². The minimum atomic E-state index is -0.197. The van der Waals surface area contributed by atoms with Gasteiger partial charge >= 0.3 is 0 Å². The third-order valence-electron chi connectivity index (χ3n) is 4.46. The predicted octanol–water partition coefficient (Wildman–Crippen LogP) is 4.76. The van der Waals surface area contributed by atoms with E-state index in [1.165, 1.54) is 11.2 Å². The van der Waals surface area contributed by atoms with Crippen molar-refractivity contribution >= 4 is 33.1 Å². The predicted molar refractivity (Wildman–Crippen MR) is 106 cm³/mol. The third kappa shape index (κ3) is 3.55. The normalized spacial score (nSPS) is 11.2. The Morgan fingerprint density at radius 2 is 2.00 bits per heavy atom. The van der Waals surface area contributed by atoms with Gasteiger partial charge in [0.15, 0.2) is 6.61 Å². The highest BCUT2D eigenvalue weighted by Gasteiger charge is 2.16. The highest BCUT2D eigenvalue weighted by Crippen LogP contribution is 2.33. The van der Waals surface area contributed by atoms with Crippen LogP contribution in [0.2, 0.25) is 0 Å². The molecule has 2 aromatic heterocycles. The Morgan fingerprint density at radius 3 is 2.73 bits per heavy atom. The molecule has 0 saturated heterocycles. The number of fused-ring (bicyclic) bond motifs is 1. The Morgan fingerprint density at radius 1 is 1.23 bits per heavy atom. The first-order valence-corrected chi connectivity index (χ1v) is 9.43. The van der Waals surface area contributed by atoms with E-state index in [1.807, 2.05) is 39.0 Å². The van der Waals surface area contributed by atoms with Gasteiger partial charge in [0, 0.05) is 10.6 Å². The van der Waals surface area contributed by atoms with Crippen molar-refractivity contribution in [1.82, 2.24) is 9.97 Å². The lowest BCUT2D eigenvalue weighted by atomic mass is 9.98. The van der Waals surface area contributed by atoms with Crippen molar-refractivity contribution in [2.24, 2.45) is 0 Å². The van der Waals surface area contributed by atoms with E-state index in [4.69, 9.17) is 4.74 Å². The fourth-order valence-corrected chi connectivity index (χ4v) is 3.90. The lowest BCUT2D eigenvalue weighted by Crippen LogP contribution is -2.22. The second-order valence-electron chi connectivity index (χ2n) is 6.67. The summed E-state index contributed by atoms with van der Waals surface area (Å²) in [5, 5.41) is 3.88. The topological polar surface area (TPSA) is 64.1 Å². The molecule has 0 bridgehead atoms. The summed E-state index contributed by atoms with van der Waals surface area (Å²) in [6, 6.07) is 6.05. The van der Waals surface area contributed by atoms with Crippen LogP contribution in [-0.2, 0) is 4.79 Å². The molecule has 5 nitrogen and oxygen atoms in total. The first-order valence-electron chi connectivity index (χ1n) is 8.61. The molecule has 26 heavy (non-hydrogen) atoms. The number of amides is 1. The van der Waals surface area contributed by atoms with Crippen LogP contribution in [-0.4, -0.2) is 22.5 Å². The number of anilines is 1. The van der Waals surface area contributed by atoms with Crippen molar-refractivity contribution in [2.45, 2.75) is 40.5 Å². The molecule has 136 valence electrons. The molecule has 2 heterocycles. The minimum absolute atomic E-state index is 0.0910. The highest BCUT2D eigenvalue weighted by molar-refractivity contribution is 7.18. The summed E-state index contributed by atoms with van der Waals surface area (Å²) in [7, 11) is 0. The summed E-state index contributed by atoms with van der Waals surface area (Å²) in [4.78, 5) is 23.0. The zero-order chi connectivity index (χ0) is 18.8. The Hall–Kier alpha value is -2.47. The molecule has 0 aliphatic carbocycles. The molecule has 0 atom stereocenters. The fraction of sp³-hybridized carbons (Fsp3) is 0.350. The van der Waals surface area contributed by atoms with Gasteiger partial charge in [-0.25, -0.2) is 9.97 Å². The molecule has 0 radical (unpaired) electrons. The lowest BCUT2D eigenvalue weighted by Gasteiger charge is -2.16. The zero-order valence-electron chi connectivity index (χ0n) is 15.7. The van der Waals surface area contributed by atoms with Crippen molar-refractivity contribution in [2.75, 3.05) is 11.9 Å². The number of ether oxygens (including phenoxy) is 1. The third-order valence-corrected chi connectivity index (χ3v) is 5.58. The van der Waals surface area contributed by atoms with Gasteiger partial charge in [0.1, 0.15) is 11.2 Å². The maximum atomic E-state index is 12.5. The first kappa shape index (κ1) is 18.3. The molecule has 0 unspecified atom stereocenters. The first-order chi connectivity index (χ1) is 12.4. The molecule has 1 amide bonds. The van der Waals surface area contributed by atoms with Gasteiger partial charge < -0.3 is 10.1 Å². The number of aromatic nitrogens is 2. The molecule has 0 aliphatic heterocycles. The van der Waals surface area contributed by atoms with Gasteiger partial charge in [0.25, 0.3) is 5.91 Å². The number of thiophene rings is 1. The average molecular weight is 369 g/mol. The van der Waals surface area contributed by atoms with Gasteiger partial charge in [0.2, 0.25) is 5.88 Å². The van der Waals surface area contributed by atoms with Gasteiger partial charge in [-0.1, -0.05) is 32.0 Å². The second kappa shape index (κ2) is 7.41. The van der Waals surface area contributed by atoms with Gasteiger partial charge in [-0.3, -0.25) is 4.79 Å². The summed E-state index contributed by atoms with van der Waals surface area (Å²) in [5.74, 6) is 0.586. The molecular formula is C20H23N3O2S. The molecule has 1 aromatic carbocycles. The maximum Gasteiger partial charge on any atom is 0.262 e. The number of nitrogens with one attached hydrogen (secondary N) is 1.